The summed E-state index contributed by atoms with van der Waals surface area (Å²) >= 11 is 0. The zero-order valence-electron chi connectivity index (χ0n) is 18.3. The fourth-order valence-corrected chi connectivity index (χ4v) is 4.32. The van der Waals surface area contributed by atoms with Gasteiger partial charge in [0.15, 0.2) is 0 Å². The number of rotatable bonds is 12. The Morgan fingerprint density at radius 3 is 2.37 bits per heavy atom. The van der Waals surface area contributed by atoms with Crippen molar-refractivity contribution >= 4 is 11.9 Å². The second kappa shape index (κ2) is 13.2. The third-order valence-corrected chi connectivity index (χ3v) is 5.95. The molecular weight excluding hydrogens is 340 g/mol. The first kappa shape index (κ1) is 24.0. The van der Waals surface area contributed by atoms with Gasteiger partial charge in [-0.2, -0.15) is 0 Å². The molecule has 1 rings (SSSR count). The summed E-state index contributed by atoms with van der Waals surface area (Å²) in [7, 11) is 0. The van der Waals surface area contributed by atoms with Gasteiger partial charge in [0.05, 0.1) is 12.5 Å². The van der Waals surface area contributed by atoms with Gasteiger partial charge in [0.2, 0.25) is 0 Å². The number of carbonyl (C=O) groups is 2. The van der Waals surface area contributed by atoms with Crippen LogP contribution in [-0.4, -0.2) is 24.6 Å². The predicted molar refractivity (Wildman–Crippen MR) is 109 cm³/mol. The van der Waals surface area contributed by atoms with Crippen LogP contribution in [0.5, 0.6) is 0 Å². The molecule has 4 unspecified atom stereocenters. The lowest BCUT2D eigenvalue weighted by atomic mass is 9.70. The second-order valence-electron chi connectivity index (χ2n) is 8.68. The highest BCUT2D eigenvalue weighted by Gasteiger charge is 2.37. The normalized spacial score (nSPS) is 23.9. The lowest BCUT2D eigenvalue weighted by molar-refractivity contribution is -0.160. The Kier molecular flexibility index (Phi) is 11.7. The summed E-state index contributed by atoms with van der Waals surface area (Å²) in [5, 5.41) is 0. The lowest BCUT2D eigenvalue weighted by Gasteiger charge is -2.36. The van der Waals surface area contributed by atoms with Crippen LogP contribution in [0.25, 0.3) is 0 Å². The maximum atomic E-state index is 13.0. The Morgan fingerprint density at radius 1 is 1.04 bits per heavy atom. The van der Waals surface area contributed by atoms with Crippen molar-refractivity contribution in [3.05, 3.63) is 0 Å². The highest BCUT2D eigenvalue weighted by molar-refractivity contribution is 5.73. The molecule has 0 aromatic rings. The zero-order chi connectivity index (χ0) is 20.2. The number of ether oxygens (including phenoxy) is 2. The summed E-state index contributed by atoms with van der Waals surface area (Å²) < 4.78 is 11.0. The number of esters is 2. The first-order valence-electron chi connectivity index (χ1n) is 11.2. The molecule has 1 aliphatic rings. The minimum atomic E-state index is -0.155. The Hall–Kier alpha value is -1.06. The smallest absolute Gasteiger partial charge is 0.309 e. The highest BCUT2D eigenvalue weighted by Crippen LogP contribution is 2.39. The molecule has 0 aromatic carbocycles. The molecule has 0 aromatic heterocycles. The van der Waals surface area contributed by atoms with Crippen LogP contribution in [0.15, 0.2) is 0 Å². The van der Waals surface area contributed by atoms with E-state index in [0.29, 0.717) is 30.8 Å². The van der Waals surface area contributed by atoms with E-state index in [1.807, 2.05) is 6.92 Å². The van der Waals surface area contributed by atoms with Crippen LogP contribution in [0, 0.1) is 23.7 Å². The molecular formula is C23H42O4. The van der Waals surface area contributed by atoms with Crippen LogP contribution in [0.2, 0.25) is 0 Å². The number of unbranched alkanes of at least 4 members (excludes halogenated alkanes) is 2. The van der Waals surface area contributed by atoms with Crippen molar-refractivity contribution in [3.63, 3.8) is 0 Å². The third kappa shape index (κ3) is 9.12. The van der Waals surface area contributed by atoms with Gasteiger partial charge in [-0.3, -0.25) is 9.59 Å². The molecule has 0 bridgehead atoms. The fraction of sp³-hybridized carbons (Fsp3) is 0.913. The van der Waals surface area contributed by atoms with E-state index in [4.69, 9.17) is 9.47 Å². The van der Waals surface area contributed by atoms with Gasteiger partial charge in [0.25, 0.3) is 0 Å². The largest absolute Gasteiger partial charge is 0.466 e. The first-order chi connectivity index (χ1) is 12.9. The lowest BCUT2D eigenvalue weighted by Crippen LogP contribution is -2.36. The SMILES string of the molecule is CCCCCC(CCCC(=O)OCC)OC(=O)C1CC(C)CCC1C(C)C. The third-order valence-electron chi connectivity index (χ3n) is 5.95. The Balaban J connectivity index is 2.62. The van der Waals surface area contributed by atoms with Crippen LogP contribution in [-0.2, 0) is 19.1 Å². The minimum absolute atomic E-state index is 0.00196. The Labute approximate surface area is 166 Å². The molecule has 0 aliphatic heterocycles. The molecule has 1 fully saturated rings. The monoisotopic (exact) mass is 382 g/mol. The molecule has 0 N–H and O–H groups in total. The molecule has 4 atom stereocenters. The van der Waals surface area contributed by atoms with E-state index in [-0.39, 0.29) is 24.0 Å². The van der Waals surface area contributed by atoms with Crippen LogP contribution in [0.4, 0.5) is 0 Å². The number of hydrogen-bond donors (Lipinski definition) is 0. The van der Waals surface area contributed by atoms with Crippen molar-refractivity contribution in [2.75, 3.05) is 6.61 Å². The fourth-order valence-electron chi connectivity index (χ4n) is 4.32. The molecule has 1 saturated carbocycles. The molecule has 158 valence electrons. The van der Waals surface area contributed by atoms with Gasteiger partial charge < -0.3 is 9.47 Å². The van der Waals surface area contributed by atoms with Crippen molar-refractivity contribution in [2.45, 2.75) is 105 Å². The standard InChI is InChI=1S/C23H42O4/c1-6-8-9-11-19(12-10-13-22(24)26-7-2)27-23(25)21-16-18(5)14-15-20(21)17(3)4/h17-21H,6-16H2,1-5H3. The van der Waals surface area contributed by atoms with Crippen molar-refractivity contribution < 1.29 is 19.1 Å². The van der Waals surface area contributed by atoms with Crippen molar-refractivity contribution in [2.24, 2.45) is 23.7 Å². The molecule has 4 nitrogen and oxygen atoms in total. The van der Waals surface area contributed by atoms with E-state index in [9.17, 15) is 9.59 Å². The van der Waals surface area contributed by atoms with Crippen LogP contribution in [0.1, 0.15) is 98.8 Å². The average Bonchev–Trinajstić information content (AvgIpc) is 2.61. The van der Waals surface area contributed by atoms with E-state index in [2.05, 4.69) is 27.7 Å². The van der Waals surface area contributed by atoms with Crippen molar-refractivity contribution in [1.29, 1.82) is 0 Å². The molecule has 27 heavy (non-hydrogen) atoms. The molecule has 0 spiro atoms. The Morgan fingerprint density at radius 2 is 1.74 bits per heavy atom. The molecule has 0 radical (unpaired) electrons. The van der Waals surface area contributed by atoms with E-state index in [0.717, 1.165) is 51.4 Å². The van der Waals surface area contributed by atoms with E-state index >= 15 is 0 Å². The average molecular weight is 383 g/mol. The molecule has 4 heteroatoms. The van der Waals surface area contributed by atoms with E-state index in [1.54, 1.807) is 0 Å². The summed E-state index contributed by atoms with van der Waals surface area (Å²) in [6.45, 7) is 11.1. The molecule has 1 aliphatic carbocycles. The predicted octanol–water partition coefficient (Wildman–Crippen LogP) is 5.92. The van der Waals surface area contributed by atoms with E-state index in [1.165, 1.54) is 6.42 Å². The van der Waals surface area contributed by atoms with Gasteiger partial charge in [-0.25, -0.2) is 0 Å². The number of carbonyl (C=O) groups excluding carboxylic acids is 2. The summed E-state index contributed by atoms with van der Waals surface area (Å²) in [6, 6.07) is 0. The Bertz CT molecular complexity index is 432. The van der Waals surface area contributed by atoms with Crippen LogP contribution < -0.4 is 0 Å². The van der Waals surface area contributed by atoms with Gasteiger partial charge in [0.1, 0.15) is 6.10 Å². The molecule has 0 heterocycles. The van der Waals surface area contributed by atoms with Crippen LogP contribution in [0.3, 0.4) is 0 Å². The maximum absolute atomic E-state index is 13.0. The first-order valence-corrected chi connectivity index (χ1v) is 11.2. The van der Waals surface area contributed by atoms with Gasteiger partial charge in [-0.1, -0.05) is 47.0 Å². The topological polar surface area (TPSA) is 52.6 Å². The summed E-state index contributed by atoms with van der Waals surface area (Å²) in [5.41, 5.74) is 0. The van der Waals surface area contributed by atoms with Gasteiger partial charge in [0, 0.05) is 6.42 Å². The van der Waals surface area contributed by atoms with E-state index < -0.39 is 0 Å². The molecule has 0 saturated heterocycles. The van der Waals surface area contributed by atoms with Crippen LogP contribution >= 0.6 is 0 Å². The van der Waals surface area contributed by atoms with Gasteiger partial charge in [-0.15, -0.1) is 0 Å². The quantitative estimate of drug-likeness (QED) is 0.310. The molecule has 0 amide bonds. The summed E-state index contributed by atoms with van der Waals surface area (Å²) in [5.74, 6) is 1.42. The van der Waals surface area contributed by atoms with Crippen molar-refractivity contribution in [3.8, 4) is 0 Å². The summed E-state index contributed by atoms with van der Waals surface area (Å²) in [6.07, 6.45) is 9.38. The van der Waals surface area contributed by atoms with Gasteiger partial charge >= 0.3 is 11.9 Å². The van der Waals surface area contributed by atoms with Gasteiger partial charge in [-0.05, 0) is 63.2 Å². The zero-order valence-corrected chi connectivity index (χ0v) is 18.3. The van der Waals surface area contributed by atoms with Crippen molar-refractivity contribution in [1.82, 2.24) is 0 Å². The minimum Gasteiger partial charge on any atom is -0.466 e. The number of hydrogen-bond acceptors (Lipinski definition) is 4. The highest BCUT2D eigenvalue weighted by atomic mass is 16.5. The maximum Gasteiger partial charge on any atom is 0.309 e. The summed E-state index contributed by atoms with van der Waals surface area (Å²) in [4.78, 5) is 24.6. The second-order valence-corrected chi connectivity index (χ2v) is 8.68.